The standard InChI is InChI=1S/C5H7N5S/c1-10(2)5-4(8-9-6)3-7-11-5/h3H,1-2H3. The van der Waals surface area contributed by atoms with Crippen LogP contribution in [0.2, 0.25) is 0 Å². The van der Waals surface area contributed by atoms with Crippen LogP contribution < -0.4 is 4.90 Å². The summed E-state index contributed by atoms with van der Waals surface area (Å²) in [4.78, 5) is 4.55. The molecule has 0 N–H and O–H groups in total. The van der Waals surface area contributed by atoms with Crippen LogP contribution >= 0.6 is 11.5 Å². The fraction of sp³-hybridized carbons (Fsp3) is 0.400. The zero-order valence-electron chi connectivity index (χ0n) is 6.22. The minimum absolute atomic E-state index is 0.586. The zero-order chi connectivity index (χ0) is 8.27. The first-order chi connectivity index (χ1) is 5.25. The van der Waals surface area contributed by atoms with Crippen molar-refractivity contribution in [2.75, 3.05) is 19.0 Å². The van der Waals surface area contributed by atoms with Gasteiger partial charge < -0.3 is 4.90 Å². The van der Waals surface area contributed by atoms with Gasteiger partial charge in [-0.15, -0.1) is 0 Å². The summed E-state index contributed by atoms with van der Waals surface area (Å²) in [6.45, 7) is 0. The van der Waals surface area contributed by atoms with Crippen LogP contribution in [0.15, 0.2) is 11.3 Å². The van der Waals surface area contributed by atoms with Crippen molar-refractivity contribution >= 4 is 22.2 Å². The van der Waals surface area contributed by atoms with E-state index in [0.29, 0.717) is 5.69 Å². The van der Waals surface area contributed by atoms with Crippen molar-refractivity contribution in [2.45, 2.75) is 0 Å². The van der Waals surface area contributed by atoms with Crippen molar-refractivity contribution in [1.82, 2.24) is 4.37 Å². The molecule has 0 unspecified atom stereocenters. The fourth-order valence-electron chi connectivity index (χ4n) is 0.656. The quantitative estimate of drug-likeness (QED) is 0.387. The lowest BCUT2D eigenvalue weighted by Gasteiger charge is -2.07. The molecule has 11 heavy (non-hydrogen) atoms. The van der Waals surface area contributed by atoms with E-state index in [1.54, 1.807) is 6.20 Å². The molecule has 0 aromatic carbocycles. The molecule has 0 saturated carbocycles. The average molecular weight is 169 g/mol. The summed E-state index contributed by atoms with van der Waals surface area (Å²) in [5.41, 5.74) is 8.75. The molecule has 0 saturated heterocycles. The van der Waals surface area contributed by atoms with Gasteiger partial charge in [0.1, 0.15) is 5.00 Å². The minimum atomic E-state index is 0.586. The molecule has 5 nitrogen and oxygen atoms in total. The Labute approximate surface area is 68.1 Å². The van der Waals surface area contributed by atoms with E-state index in [1.165, 1.54) is 11.5 Å². The fourth-order valence-corrected chi connectivity index (χ4v) is 1.26. The second-order valence-corrected chi connectivity index (χ2v) is 2.88. The number of anilines is 1. The Hall–Kier alpha value is -1.26. The summed E-state index contributed by atoms with van der Waals surface area (Å²) in [5.74, 6) is 0. The summed E-state index contributed by atoms with van der Waals surface area (Å²) in [7, 11) is 3.76. The molecule has 1 rings (SSSR count). The van der Waals surface area contributed by atoms with Crippen molar-refractivity contribution in [1.29, 1.82) is 0 Å². The number of nitrogens with zero attached hydrogens (tertiary/aromatic N) is 5. The van der Waals surface area contributed by atoms with Crippen LogP contribution in [0.3, 0.4) is 0 Å². The topological polar surface area (TPSA) is 64.9 Å². The van der Waals surface area contributed by atoms with Gasteiger partial charge in [-0.2, -0.15) is 4.37 Å². The molecule has 0 atom stereocenters. The number of aromatic nitrogens is 1. The molecule has 1 heterocycles. The van der Waals surface area contributed by atoms with Crippen LogP contribution in [-0.4, -0.2) is 18.5 Å². The normalized spacial score (nSPS) is 8.91. The van der Waals surface area contributed by atoms with Gasteiger partial charge in [0, 0.05) is 19.0 Å². The highest BCUT2D eigenvalue weighted by Gasteiger charge is 2.04. The van der Waals surface area contributed by atoms with Gasteiger partial charge in [-0.3, -0.25) is 0 Å². The molecule has 0 amide bonds. The third kappa shape index (κ3) is 1.60. The molecule has 58 valence electrons. The van der Waals surface area contributed by atoms with Crippen molar-refractivity contribution in [3.8, 4) is 0 Å². The lowest BCUT2D eigenvalue weighted by Crippen LogP contribution is -2.06. The predicted molar refractivity (Wildman–Crippen MR) is 45.2 cm³/mol. The Morgan fingerprint density at radius 2 is 2.45 bits per heavy atom. The molecule has 0 bridgehead atoms. The minimum Gasteiger partial charge on any atom is -0.368 e. The van der Waals surface area contributed by atoms with Gasteiger partial charge in [0.25, 0.3) is 0 Å². The van der Waals surface area contributed by atoms with E-state index in [0.717, 1.165) is 5.00 Å². The monoisotopic (exact) mass is 169 g/mol. The molecule has 0 radical (unpaired) electrons. The molecule has 0 aliphatic heterocycles. The average Bonchev–Trinajstić information content (AvgIpc) is 2.36. The molecule has 0 spiro atoms. The van der Waals surface area contributed by atoms with Crippen molar-refractivity contribution in [3.05, 3.63) is 16.6 Å². The Balaban J connectivity index is 3.05. The molecule has 0 aliphatic rings. The lowest BCUT2D eigenvalue weighted by atomic mass is 10.5. The highest BCUT2D eigenvalue weighted by atomic mass is 32.1. The van der Waals surface area contributed by atoms with Gasteiger partial charge in [0.2, 0.25) is 0 Å². The molecular formula is C5H7N5S. The number of hydrogen-bond donors (Lipinski definition) is 0. The molecule has 1 aromatic rings. The Morgan fingerprint density at radius 1 is 1.73 bits per heavy atom. The van der Waals surface area contributed by atoms with Gasteiger partial charge in [0.15, 0.2) is 0 Å². The largest absolute Gasteiger partial charge is 0.368 e. The van der Waals surface area contributed by atoms with Crippen molar-refractivity contribution < 1.29 is 0 Å². The molecule has 1 aromatic heterocycles. The van der Waals surface area contributed by atoms with Crippen LogP contribution in [0.25, 0.3) is 10.4 Å². The summed E-state index contributed by atoms with van der Waals surface area (Å²) >= 11 is 1.31. The summed E-state index contributed by atoms with van der Waals surface area (Å²) in [6.07, 6.45) is 1.56. The molecule has 0 aliphatic carbocycles. The van der Waals surface area contributed by atoms with Crippen LogP contribution in [0, 0.1) is 0 Å². The highest BCUT2D eigenvalue weighted by molar-refractivity contribution is 7.10. The second kappa shape index (κ2) is 3.23. The highest BCUT2D eigenvalue weighted by Crippen LogP contribution is 2.30. The van der Waals surface area contributed by atoms with Gasteiger partial charge in [-0.05, 0) is 17.1 Å². The number of azide groups is 1. The Morgan fingerprint density at radius 3 is 3.00 bits per heavy atom. The van der Waals surface area contributed by atoms with Crippen LogP contribution in [-0.2, 0) is 0 Å². The summed E-state index contributed by atoms with van der Waals surface area (Å²) in [5, 5.41) is 4.35. The SMILES string of the molecule is CN(C)c1sncc1N=[N+]=[N-]. The second-order valence-electron chi connectivity index (χ2n) is 2.10. The smallest absolute Gasteiger partial charge is 0.121 e. The third-order valence-corrected chi connectivity index (χ3v) is 2.05. The van der Waals surface area contributed by atoms with Crippen molar-refractivity contribution in [3.63, 3.8) is 0 Å². The van der Waals surface area contributed by atoms with E-state index in [2.05, 4.69) is 14.4 Å². The maximum Gasteiger partial charge on any atom is 0.121 e. The molecule has 6 heteroatoms. The first-order valence-electron chi connectivity index (χ1n) is 2.93. The van der Waals surface area contributed by atoms with Gasteiger partial charge in [-0.25, -0.2) is 0 Å². The van der Waals surface area contributed by atoms with E-state index < -0.39 is 0 Å². The summed E-state index contributed by atoms with van der Waals surface area (Å²) in [6, 6.07) is 0. The van der Waals surface area contributed by atoms with E-state index in [1.807, 2.05) is 19.0 Å². The van der Waals surface area contributed by atoms with Crippen LogP contribution in [0.5, 0.6) is 0 Å². The first-order valence-corrected chi connectivity index (χ1v) is 3.70. The number of hydrogen-bond acceptors (Lipinski definition) is 4. The Bertz CT molecular complexity index is 285. The van der Waals surface area contributed by atoms with E-state index >= 15 is 0 Å². The van der Waals surface area contributed by atoms with Gasteiger partial charge in [0.05, 0.1) is 11.9 Å². The van der Waals surface area contributed by atoms with E-state index in [4.69, 9.17) is 5.53 Å². The van der Waals surface area contributed by atoms with Gasteiger partial charge in [-0.1, -0.05) is 5.11 Å². The third-order valence-electron chi connectivity index (χ3n) is 1.09. The zero-order valence-corrected chi connectivity index (χ0v) is 7.04. The van der Waals surface area contributed by atoms with Crippen LogP contribution in [0.1, 0.15) is 0 Å². The maximum atomic E-state index is 8.16. The predicted octanol–water partition coefficient (Wildman–Crippen LogP) is 2.15. The van der Waals surface area contributed by atoms with Gasteiger partial charge >= 0.3 is 0 Å². The van der Waals surface area contributed by atoms with E-state index in [-0.39, 0.29) is 0 Å². The maximum absolute atomic E-state index is 8.16. The Kier molecular flexibility index (Phi) is 2.30. The molecular weight excluding hydrogens is 162 g/mol. The lowest BCUT2D eigenvalue weighted by molar-refractivity contribution is 1.15. The first kappa shape index (κ1) is 7.84. The van der Waals surface area contributed by atoms with Crippen LogP contribution in [0.4, 0.5) is 10.7 Å². The van der Waals surface area contributed by atoms with Crippen molar-refractivity contribution in [2.24, 2.45) is 5.11 Å². The molecule has 0 fully saturated rings. The summed E-state index contributed by atoms with van der Waals surface area (Å²) < 4.78 is 3.90. The number of rotatable bonds is 2. The van der Waals surface area contributed by atoms with E-state index in [9.17, 15) is 0 Å².